The number of halogens is 3. The first-order chi connectivity index (χ1) is 20.5. The lowest BCUT2D eigenvalue weighted by atomic mass is 10.0. The third kappa shape index (κ3) is 7.93. The zero-order chi connectivity index (χ0) is 31.1. The number of rotatable bonds is 11. The molecule has 7 nitrogen and oxygen atoms in total. The molecule has 0 bridgehead atoms. The summed E-state index contributed by atoms with van der Waals surface area (Å²) in [6.45, 7) is 1.10. The van der Waals surface area contributed by atoms with Crippen molar-refractivity contribution in [3.8, 4) is 0 Å². The molecule has 0 aliphatic rings. The molecule has 43 heavy (non-hydrogen) atoms. The molecular weight excluding hydrogens is 612 g/mol. The van der Waals surface area contributed by atoms with Crippen molar-refractivity contribution in [1.82, 2.24) is 10.2 Å². The number of amides is 2. The third-order valence-electron chi connectivity index (χ3n) is 6.86. The van der Waals surface area contributed by atoms with E-state index in [4.69, 9.17) is 23.2 Å². The Balaban J connectivity index is 1.79. The molecule has 0 saturated heterocycles. The van der Waals surface area contributed by atoms with Crippen LogP contribution in [-0.2, 0) is 32.6 Å². The summed E-state index contributed by atoms with van der Waals surface area (Å²) in [5.41, 5.74) is 2.32. The molecular formula is C32H30Cl2FN3O4S. The lowest BCUT2D eigenvalue weighted by molar-refractivity contribution is -0.139. The number of benzene rings is 4. The van der Waals surface area contributed by atoms with Crippen molar-refractivity contribution >= 4 is 50.7 Å². The summed E-state index contributed by atoms with van der Waals surface area (Å²) in [6, 6.07) is 24.0. The maximum absolute atomic E-state index is 14.2. The van der Waals surface area contributed by atoms with Gasteiger partial charge in [0, 0.05) is 20.0 Å². The Kier molecular flexibility index (Phi) is 10.4. The zero-order valence-corrected chi connectivity index (χ0v) is 25.8. The second-order valence-corrected chi connectivity index (χ2v) is 12.6. The van der Waals surface area contributed by atoms with Gasteiger partial charge < -0.3 is 10.2 Å². The van der Waals surface area contributed by atoms with Crippen LogP contribution in [0.4, 0.5) is 10.1 Å². The summed E-state index contributed by atoms with van der Waals surface area (Å²) < 4.78 is 42.6. The van der Waals surface area contributed by atoms with Crippen LogP contribution in [0.5, 0.6) is 0 Å². The Morgan fingerprint density at radius 3 is 2.12 bits per heavy atom. The van der Waals surface area contributed by atoms with Gasteiger partial charge in [-0.15, -0.1) is 0 Å². The summed E-state index contributed by atoms with van der Waals surface area (Å²) in [4.78, 5) is 28.8. The van der Waals surface area contributed by atoms with E-state index in [1.165, 1.54) is 36.2 Å². The predicted octanol–water partition coefficient (Wildman–Crippen LogP) is 6.02. The molecule has 1 N–H and O–H groups in total. The average Bonchev–Trinajstić information content (AvgIpc) is 3.00. The summed E-state index contributed by atoms with van der Waals surface area (Å²) in [6.07, 6.45) is 0.162. The lowest BCUT2D eigenvalue weighted by Gasteiger charge is -2.33. The fourth-order valence-corrected chi connectivity index (χ4v) is 6.26. The SMILES string of the molecule is CNC(=O)C(Cc1ccccc1)N(Cc1ccc(Cl)c(Cl)c1)C(=O)CN(c1ccc(F)cc1)S(=O)(=O)c1ccc(C)cc1. The minimum Gasteiger partial charge on any atom is -0.357 e. The van der Waals surface area contributed by atoms with Gasteiger partial charge in [0.25, 0.3) is 10.0 Å². The van der Waals surface area contributed by atoms with Crippen LogP contribution in [0.2, 0.25) is 10.0 Å². The normalized spacial score (nSPS) is 11.9. The Hall–Kier alpha value is -3.92. The van der Waals surface area contributed by atoms with Gasteiger partial charge in [0.1, 0.15) is 18.4 Å². The number of nitrogens with zero attached hydrogens (tertiary/aromatic N) is 2. The van der Waals surface area contributed by atoms with E-state index in [0.29, 0.717) is 10.6 Å². The molecule has 0 fully saturated rings. The number of aryl methyl sites for hydroxylation is 1. The van der Waals surface area contributed by atoms with Crippen molar-refractivity contribution in [3.63, 3.8) is 0 Å². The molecule has 1 atom stereocenters. The number of anilines is 1. The van der Waals surface area contributed by atoms with E-state index in [0.717, 1.165) is 27.6 Å². The Labute approximate surface area is 260 Å². The largest absolute Gasteiger partial charge is 0.357 e. The van der Waals surface area contributed by atoms with E-state index >= 15 is 0 Å². The second-order valence-electron chi connectivity index (χ2n) is 9.89. The van der Waals surface area contributed by atoms with Gasteiger partial charge in [-0.3, -0.25) is 13.9 Å². The molecule has 4 aromatic carbocycles. The maximum Gasteiger partial charge on any atom is 0.264 e. The minimum absolute atomic E-state index is 0.0432. The fraction of sp³-hybridized carbons (Fsp3) is 0.188. The van der Waals surface area contributed by atoms with E-state index < -0.39 is 40.2 Å². The van der Waals surface area contributed by atoms with Gasteiger partial charge in [0.15, 0.2) is 0 Å². The van der Waals surface area contributed by atoms with Gasteiger partial charge in [-0.05, 0) is 66.6 Å². The maximum atomic E-state index is 14.2. The van der Waals surface area contributed by atoms with Crippen molar-refractivity contribution in [3.05, 3.63) is 130 Å². The van der Waals surface area contributed by atoms with Crippen LogP contribution in [0.3, 0.4) is 0 Å². The van der Waals surface area contributed by atoms with Crippen molar-refractivity contribution in [2.45, 2.75) is 30.8 Å². The van der Waals surface area contributed by atoms with Gasteiger partial charge in [-0.2, -0.15) is 0 Å². The van der Waals surface area contributed by atoms with Crippen LogP contribution >= 0.6 is 23.2 Å². The topological polar surface area (TPSA) is 86.8 Å². The first-order valence-corrected chi connectivity index (χ1v) is 15.5. The van der Waals surface area contributed by atoms with E-state index in [2.05, 4.69) is 5.32 Å². The molecule has 4 aromatic rings. The van der Waals surface area contributed by atoms with Gasteiger partial charge in [-0.25, -0.2) is 12.8 Å². The van der Waals surface area contributed by atoms with E-state index in [9.17, 15) is 22.4 Å². The Morgan fingerprint density at radius 2 is 1.51 bits per heavy atom. The summed E-state index contributed by atoms with van der Waals surface area (Å²) in [5, 5.41) is 3.21. The van der Waals surface area contributed by atoms with Gasteiger partial charge in [0.2, 0.25) is 11.8 Å². The first kappa shape index (κ1) is 32.0. The van der Waals surface area contributed by atoms with Crippen molar-refractivity contribution in [2.24, 2.45) is 0 Å². The zero-order valence-electron chi connectivity index (χ0n) is 23.5. The number of likely N-dealkylation sites (N-methyl/N-ethyl adjacent to an activating group) is 1. The van der Waals surface area contributed by atoms with Crippen LogP contribution in [0.1, 0.15) is 16.7 Å². The van der Waals surface area contributed by atoms with Gasteiger partial charge >= 0.3 is 0 Å². The Bertz CT molecular complexity index is 1690. The molecule has 4 rings (SSSR count). The second kappa shape index (κ2) is 14.0. The fourth-order valence-electron chi connectivity index (χ4n) is 4.53. The molecule has 0 radical (unpaired) electrons. The van der Waals surface area contributed by atoms with E-state index in [1.807, 2.05) is 37.3 Å². The molecule has 0 aliphatic carbocycles. The van der Waals surface area contributed by atoms with Crippen LogP contribution < -0.4 is 9.62 Å². The predicted molar refractivity (Wildman–Crippen MR) is 167 cm³/mol. The highest BCUT2D eigenvalue weighted by Crippen LogP contribution is 2.27. The number of carbonyl (C=O) groups excluding carboxylic acids is 2. The minimum atomic E-state index is -4.28. The highest BCUT2D eigenvalue weighted by atomic mass is 35.5. The molecule has 224 valence electrons. The molecule has 2 amide bonds. The van der Waals surface area contributed by atoms with Crippen LogP contribution in [0.15, 0.2) is 102 Å². The number of hydrogen-bond acceptors (Lipinski definition) is 4. The van der Waals surface area contributed by atoms with E-state index in [1.54, 1.807) is 30.3 Å². The number of sulfonamides is 1. The summed E-state index contributed by atoms with van der Waals surface area (Å²) in [5.74, 6) is -1.66. The van der Waals surface area contributed by atoms with Gasteiger partial charge in [-0.1, -0.05) is 77.3 Å². The van der Waals surface area contributed by atoms with Crippen LogP contribution in [0, 0.1) is 12.7 Å². The third-order valence-corrected chi connectivity index (χ3v) is 9.38. The van der Waals surface area contributed by atoms with Crippen molar-refractivity contribution in [2.75, 3.05) is 17.9 Å². The number of carbonyl (C=O) groups is 2. The van der Waals surface area contributed by atoms with Gasteiger partial charge in [0.05, 0.1) is 20.6 Å². The average molecular weight is 643 g/mol. The quantitative estimate of drug-likeness (QED) is 0.217. The highest BCUT2D eigenvalue weighted by Gasteiger charge is 2.34. The van der Waals surface area contributed by atoms with Crippen molar-refractivity contribution in [1.29, 1.82) is 0 Å². The smallest absolute Gasteiger partial charge is 0.264 e. The molecule has 1 unspecified atom stereocenters. The molecule has 0 saturated carbocycles. The van der Waals surface area contributed by atoms with Crippen LogP contribution in [-0.4, -0.2) is 44.8 Å². The van der Waals surface area contributed by atoms with E-state index in [-0.39, 0.29) is 28.6 Å². The lowest BCUT2D eigenvalue weighted by Crippen LogP contribution is -2.53. The van der Waals surface area contributed by atoms with Crippen molar-refractivity contribution < 1.29 is 22.4 Å². The standard InChI is InChI=1S/C32H30Cl2FN3O4S/c1-22-8-15-27(16-9-22)43(41,42)38(26-13-11-25(35)12-14-26)21-31(39)37(20-24-10-17-28(33)29(34)18-24)30(32(40)36-2)19-23-6-4-3-5-7-23/h3-18,30H,19-21H2,1-2H3,(H,36,40). The number of nitrogens with one attached hydrogen (secondary N) is 1. The Morgan fingerprint density at radius 1 is 0.860 bits per heavy atom. The molecule has 0 spiro atoms. The monoisotopic (exact) mass is 641 g/mol. The van der Waals surface area contributed by atoms with Crippen LogP contribution in [0.25, 0.3) is 0 Å². The first-order valence-electron chi connectivity index (χ1n) is 13.3. The summed E-state index contributed by atoms with van der Waals surface area (Å²) in [7, 11) is -2.82. The highest BCUT2D eigenvalue weighted by molar-refractivity contribution is 7.92. The molecule has 11 heteroatoms. The number of hydrogen-bond donors (Lipinski definition) is 1. The summed E-state index contributed by atoms with van der Waals surface area (Å²) >= 11 is 12.4. The molecule has 0 heterocycles. The molecule has 0 aromatic heterocycles. The molecule has 0 aliphatic heterocycles.